The van der Waals surface area contributed by atoms with Gasteiger partial charge in [-0.25, -0.2) is 0 Å². The molecule has 2 aliphatic rings. The van der Waals surface area contributed by atoms with Crippen LogP contribution in [0.25, 0.3) is 0 Å². The number of amides is 2. The van der Waals surface area contributed by atoms with Gasteiger partial charge >= 0.3 is 0 Å². The van der Waals surface area contributed by atoms with E-state index in [-0.39, 0.29) is 11.8 Å². The average molecular weight is 422 g/mol. The molecule has 0 atom stereocenters. The Labute approximate surface area is 184 Å². The van der Waals surface area contributed by atoms with Crippen molar-refractivity contribution in [3.8, 4) is 5.75 Å². The standard InChI is InChI=1S/C25H31N3O3/c1-18-4-6-23(19(2)14-18)25(30)28-12-13-31-24-7-5-21(15-22(24)17-28)16-26-8-10-27(11-9-26)20(3)29/h4-7,14-15H,8-13,16-17H2,1-3H3. The van der Waals surface area contributed by atoms with E-state index in [1.807, 2.05) is 41.8 Å². The minimum atomic E-state index is 0.0553. The highest BCUT2D eigenvalue weighted by molar-refractivity contribution is 5.95. The molecule has 2 aromatic carbocycles. The Morgan fingerprint density at radius 1 is 0.935 bits per heavy atom. The van der Waals surface area contributed by atoms with Gasteiger partial charge in [0.1, 0.15) is 12.4 Å². The number of aryl methyl sites for hydroxylation is 2. The van der Waals surface area contributed by atoms with Crippen LogP contribution in [0.15, 0.2) is 36.4 Å². The predicted octanol–water partition coefficient (Wildman–Crippen LogP) is 3.00. The minimum Gasteiger partial charge on any atom is -0.491 e. The van der Waals surface area contributed by atoms with Gasteiger partial charge < -0.3 is 14.5 Å². The van der Waals surface area contributed by atoms with Crippen LogP contribution in [0.4, 0.5) is 0 Å². The maximum Gasteiger partial charge on any atom is 0.254 e. The molecule has 0 bridgehead atoms. The van der Waals surface area contributed by atoms with Gasteiger partial charge in [-0.3, -0.25) is 14.5 Å². The first-order chi connectivity index (χ1) is 14.9. The van der Waals surface area contributed by atoms with Crippen molar-refractivity contribution in [3.63, 3.8) is 0 Å². The molecular weight excluding hydrogens is 390 g/mol. The summed E-state index contributed by atoms with van der Waals surface area (Å²) in [4.78, 5) is 30.9. The third-order valence-electron chi connectivity index (χ3n) is 6.23. The molecule has 6 heteroatoms. The molecule has 2 amide bonds. The second kappa shape index (κ2) is 9.10. The average Bonchev–Trinajstić information content (AvgIpc) is 2.96. The quantitative estimate of drug-likeness (QED) is 0.765. The number of nitrogens with zero attached hydrogens (tertiary/aromatic N) is 3. The summed E-state index contributed by atoms with van der Waals surface area (Å²) in [5.74, 6) is 1.07. The Bertz CT molecular complexity index is 980. The zero-order valence-corrected chi connectivity index (χ0v) is 18.7. The SMILES string of the molecule is CC(=O)N1CCN(Cc2ccc3c(c2)CN(C(=O)c2ccc(C)cc2C)CCO3)CC1. The van der Waals surface area contributed by atoms with Crippen molar-refractivity contribution in [1.29, 1.82) is 0 Å². The van der Waals surface area contributed by atoms with Crippen molar-refractivity contribution < 1.29 is 14.3 Å². The minimum absolute atomic E-state index is 0.0553. The lowest BCUT2D eigenvalue weighted by atomic mass is 10.0. The highest BCUT2D eigenvalue weighted by Crippen LogP contribution is 2.26. The first kappa shape index (κ1) is 21.4. The lowest BCUT2D eigenvalue weighted by molar-refractivity contribution is -0.130. The molecule has 0 saturated carbocycles. The van der Waals surface area contributed by atoms with E-state index in [2.05, 4.69) is 23.1 Å². The lowest BCUT2D eigenvalue weighted by Gasteiger charge is -2.34. The topological polar surface area (TPSA) is 53.1 Å². The molecule has 1 saturated heterocycles. The molecule has 2 heterocycles. The Hall–Kier alpha value is -2.86. The maximum atomic E-state index is 13.2. The second-order valence-electron chi connectivity index (χ2n) is 8.62. The molecule has 6 nitrogen and oxygen atoms in total. The number of carbonyl (C=O) groups excluding carboxylic acids is 2. The molecule has 0 aliphatic carbocycles. The molecule has 1 fully saturated rings. The van der Waals surface area contributed by atoms with Crippen molar-refractivity contribution in [2.45, 2.75) is 33.9 Å². The smallest absolute Gasteiger partial charge is 0.254 e. The van der Waals surface area contributed by atoms with Gasteiger partial charge in [0, 0.05) is 57.3 Å². The number of hydrogen-bond donors (Lipinski definition) is 0. The molecule has 0 spiro atoms. The van der Waals surface area contributed by atoms with Gasteiger partial charge in [-0.2, -0.15) is 0 Å². The fourth-order valence-corrected chi connectivity index (χ4v) is 4.42. The molecule has 164 valence electrons. The lowest BCUT2D eigenvalue weighted by Crippen LogP contribution is -2.47. The zero-order chi connectivity index (χ0) is 22.0. The summed E-state index contributed by atoms with van der Waals surface area (Å²) in [5, 5.41) is 0. The highest BCUT2D eigenvalue weighted by Gasteiger charge is 2.23. The summed E-state index contributed by atoms with van der Waals surface area (Å²) >= 11 is 0. The van der Waals surface area contributed by atoms with E-state index in [9.17, 15) is 9.59 Å². The van der Waals surface area contributed by atoms with Crippen LogP contribution in [-0.4, -0.2) is 65.8 Å². The van der Waals surface area contributed by atoms with Crippen molar-refractivity contribution in [1.82, 2.24) is 14.7 Å². The largest absolute Gasteiger partial charge is 0.491 e. The van der Waals surface area contributed by atoms with Gasteiger partial charge in [0.05, 0.1) is 6.54 Å². The molecule has 0 N–H and O–H groups in total. The van der Waals surface area contributed by atoms with Crippen LogP contribution in [0.2, 0.25) is 0 Å². The molecule has 4 rings (SSSR count). The van der Waals surface area contributed by atoms with Crippen LogP contribution < -0.4 is 4.74 Å². The number of fused-ring (bicyclic) bond motifs is 1. The van der Waals surface area contributed by atoms with E-state index in [0.717, 1.165) is 60.7 Å². The molecule has 2 aliphatic heterocycles. The van der Waals surface area contributed by atoms with Gasteiger partial charge in [-0.15, -0.1) is 0 Å². The van der Waals surface area contributed by atoms with E-state index < -0.39 is 0 Å². The Morgan fingerprint density at radius 2 is 1.71 bits per heavy atom. The molecular formula is C25H31N3O3. The molecule has 2 aromatic rings. The van der Waals surface area contributed by atoms with Crippen molar-refractivity contribution in [2.24, 2.45) is 0 Å². The fraction of sp³-hybridized carbons (Fsp3) is 0.440. The first-order valence-electron chi connectivity index (χ1n) is 11.0. The van der Waals surface area contributed by atoms with Gasteiger partial charge in [-0.1, -0.05) is 23.8 Å². The number of hydrogen-bond acceptors (Lipinski definition) is 4. The first-order valence-corrected chi connectivity index (χ1v) is 11.0. The van der Waals surface area contributed by atoms with Crippen LogP contribution in [0.5, 0.6) is 5.75 Å². The fourth-order valence-electron chi connectivity index (χ4n) is 4.42. The van der Waals surface area contributed by atoms with E-state index in [1.54, 1.807) is 6.92 Å². The molecule has 0 radical (unpaired) electrons. The number of piperazine rings is 1. The van der Waals surface area contributed by atoms with Crippen LogP contribution in [-0.2, 0) is 17.9 Å². The molecule has 0 unspecified atom stereocenters. The summed E-state index contributed by atoms with van der Waals surface area (Å²) in [7, 11) is 0. The third-order valence-corrected chi connectivity index (χ3v) is 6.23. The second-order valence-corrected chi connectivity index (χ2v) is 8.62. The Balaban J connectivity index is 1.47. The van der Waals surface area contributed by atoms with E-state index >= 15 is 0 Å². The Kier molecular flexibility index (Phi) is 6.28. The van der Waals surface area contributed by atoms with E-state index in [4.69, 9.17) is 4.74 Å². The zero-order valence-electron chi connectivity index (χ0n) is 18.7. The van der Waals surface area contributed by atoms with Crippen molar-refractivity contribution in [3.05, 3.63) is 64.2 Å². The number of benzene rings is 2. The molecule has 31 heavy (non-hydrogen) atoms. The number of carbonyl (C=O) groups is 2. The number of rotatable bonds is 3. The van der Waals surface area contributed by atoms with Gasteiger partial charge in [0.2, 0.25) is 5.91 Å². The van der Waals surface area contributed by atoms with Gasteiger partial charge in [0.25, 0.3) is 5.91 Å². The van der Waals surface area contributed by atoms with Crippen molar-refractivity contribution in [2.75, 3.05) is 39.3 Å². The van der Waals surface area contributed by atoms with Crippen LogP contribution in [0.1, 0.15) is 39.5 Å². The number of ether oxygens (including phenoxy) is 1. The third kappa shape index (κ3) is 4.90. The maximum absolute atomic E-state index is 13.2. The van der Waals surface area contributed by atoms with Crippen molar-refractivity contribution >= 4 is 11.8 Å². The van der Waals surface area contributed by atoms with Gasteiger partial charge in [-0.05, 0) is 43.2 Å². The van der Waals surface area contributed by atoms with Crippen LogP contribution in [0, 0.1) is 13.8 Å². The summed E-state index contributed by atoms with van der Waals surface area (Å²) in [6, 6.07) is 12.3. The Morgan fingerprint density at radius 3 is 2.42 bits per heavy atom. The normalized spacial score (nSPS) is 17.0. The van der Waals surface area contributed by atoms with Crippen LogP contribution in [0.3, 0.4) is 0 Å². The van der Waals surface area contributed by atoms with Crippen LogP contribution >= 0.6 is 0 Å². The van der Waals surface area contributed by atoms with Gasteiger partial charge in [0.15, 0.2) is 0 Å². The predicted molar refractivity (Wildman–Crippen MR) is 120 cm³/mol. The summed E-state index contributed by atoms with van der Waals surface area (Å²) in [5.41, 5.74) is 5.18. The monoisotopic (exact) mass is 421 g/mol. The summed E-state index contributed by atoms with van der Waals surface area (Å²) in [6.07, 6.45) is 0. The summed E-state index contributed by atoms with van der Waals surface area (Å²) in [6.45, 7) is 11.4. The summed E-state index contributed by atoms with van der Waals surface area (Å²) < 4.78 is 5.95. The molecule has 0 aromatic heterocycles. The van der Waals surface area contributed by atoms with E-state index in [1.165, 1.54) is 5.56 Å². The highest BCUT2D eigenvalue weighted by atomic mass is 16.5. The van der Waals surface area contributed by atoms with E-state index in [0.29, 0.717) is 19.7 Å².